The number of carbonyl (C=O) groups is 1. The summed E-state index contributed by atoms with van der Waals surface area (Å²) >= 11 is 17.1. The van der Waals surface area contributed by atoms with E-state index >= 15 is 0 Å². The summed E-state index contributed by atoms with van der Waals surface area (Å²) in [5.74, 6) is -1.17. The molecule has 0 bridgehead atoms. The molecule has 0 aromatic heterocycles. The molecule has 206 valence electrons. The monoisotopic (exact) mass is 584 g/mol. The predicted octanol–water partition coefficient (Wildman–Crippen LogP) is 4.87. The van der Waals surface area contributed by atoms with E-state index in [0.29, 0.717) is 25.3 Å². The van der Waals surface area contributed by atoms with Gasteiger partial charge in [0.15, 0.2) is 12.1 Å². The minimum atomic E-state index is -2.08. The Balaban J connectivity index is 1.32. The van der Waals surface area contributed by atoms with Crippen LogP contribution < -0.4 is 5.32 Å². The van der Waals surface area contributed by atoms with Crippen LogP contribution in [-0.2, 0) is 30.3 Å². The van der Waals surface area contributed by atoms with Gasteiger partial charge in [0, 0.05) is 50.1 Å². The van der Waals surface area contributed by atoms with Gasteiger partial charge in [-0.05, 0) is 23.3 Å². The summed E-state index contributed by atoms with van der Waals surface area (Å²) in [4.78, 5) is 14.5. The summed E-state index contributed by atoms with van der Waals surface area (Å²) in [6, 6.07) is 14.9. The van der Waals surface area contributed by atoms with Crippen LogP contribution in [0.15, 0.2) is 48.5 Å². The summed E-state index contributed by atoms with van der Waals surface area (Å²) in [6.07, 6.45) is 1.35. The minimum Gasteiger partial charge on any atom is -0.392 e. The first-order valence-electron chi connectivity index (χ1n) is 12.7. The van der Waals surface area contributed by atoms with Crippen molar-refractivity contribution in [2.24, 2.45) is 0 Å². The highest BCUT2D eigenvalue weighted by atomic mass is 35.6. The Labute approximate surface area is 237 Å². The normalized spacial score (nSPS) is 25.9. The summed E-state index contributed by atoms with van der Waals surface area (Å²) in [5, 5.41) is 12.1. The van der Waals surface area contributed by atoms with E-state index < -0.39 is 21.8 Å². The summed E-state index contributed by atoms with van der Waals surface area (Å²) in [7, 11) is 0. The van der Waals surface area contributed by atoms with Gasteiger partial charge >= 0.3 is 0 Å². The second-order valence-corrected chi connectivity index (χ2v) is 12.1. The van der Waals surface area contributed by atoms with E-state index in [2.05, 4.69) is 10.2 Å². The molecule has 2 aromatic rings. The Hall–Kier alpha value is -1.46. The van der Waals surface area contributed by atoms with Crippen molar-refractivity contribution in [2.75, 3.05) is 38.2 Å². The van der Waals surface area contributed by atoms with Crippen LogP contribution in [0.2, 0.25) is 0 Å². The molecule has 0 radical (unpaired) electrons. The first kappa shape index (κ1) is 28.1. The Morgan fingerprint density at radius 2 is 1.74 bits per heavy atom. The summed E-state index contributed by atoms with van der Waals surface area (Å²) < 4.78 is 22.6. The molecule has 1 spiro atoms. The number of piperidine rings is 1. The number of carbonyl (C=O) groups excluding carboxylic acids is 1. The molecule has 1 amide bonds. The number of benzene rings is 2. The lowest BCUT2D eigenvalue weighted by molar-refractivity contribution is -0.255. The van der Waals surface area contributed by atoms with Crippen LogP contribution in [-0.4, -0.2) is 64.4 Å². The van der Waals surface area contributed by atoms with Gasteiger partial charge < -0.3 is 34.3 Å². The van der Waals surface area contributed by atoms with E-state index in [9.17, 15) is 9.90 Å². The molecule has 3 aliphatic rings. The van der Waals surface area contributed by atoms with Gasteiger partial charge in [0.2, 0.25) is 0 Å². The number of rotatable bonds is 6. The van der Waals surface area contributed by atoms with E-state index in [1.807, 2.05) is 30.3 Å². The zero-order valence-corrected chi connectivity index (χ0v) is 23.1. The van der Waals surface area contributed by atoms with Crippen molar-refractivity contribution in [3.8, 4) is 0 Å². The Morgan fingerprint density at radius 3 is 2.39 bits per heavy atom. The highest BCUT2D eigenvalue weighted by Crippen LogP contribution is 2.40. The molecule has 8 nitrogen and oxygen atoms in total. The first-order chi connectivity index (χ1) is 18.2. The third-order valence-electron chi connectivity index (χ3n) is 7.18. The third-order valence-corrected chi connectivity index (χ3v) is 7.70. The fourth-order valence-corrected chi connectivity index (χ4v) is 5.29. The average Bonchev–Trinajstić information content (AvgIpc) is 3.37. The van der Waals surface area contributed by atoms with E-state index in [4.69, 9.17) is 53.8 Å². The molecule has 3 aliphatic heterocycles. The largest absolute Gasteiger partial charge is 0.392 e. The smallest absolute Gasteiger partial charge is 0.276 e. The van der Waals surface area contributed by atoms with Crippen LogP contribution in [0.3, 0.4) is 0 Å². The molecule has 11 heteroatoms. The quantitative estimate of drug-likeness (QED) is 0.468. The Bertz CT molecular complexity index is 1100. The maximum atomic E-state index is 12.2. The molecular formula is C27H31Cl3N2O6. The van der Waals surface area contributed by atoms with Crippen molar-refractivity contribution in [2.45, 2.75) is 53.9 Å². The number of nitrogens with zero attached hydrogens (tertiary/aromatic N) is 1. The zero-order valence-electron chi connectivity index (χ0n) is 20.8. The van der Waals surface area contributed by atoms with Crippen molar-refractivity contribution in [1.29, 1.82) is 0 Å². The molecule has 5 rings (SSSR count). The highest BCUT2D eigenvalue weighted by molar-refractivity contribution is 6.76. The molecule has 0 saturated carbocycles. The number of anilines is 1. The van der Waals surface area contributed by atoms with Crippen LogP contribution in [0.1, 0.15) is 48.3 Å². The van der Waals surface area contributed by atoms with Crippen LogP contribution in [0.5, 0.6) is 0 Å². The lowest BCUT2D eigenvalue weighted by Crippen LogP contribution is -2.48. The molecule has 3 atom stereocenters. The average molecular weight is 586 g/mol. The van der Waals surface area contributed by atoms with Crippen LogP contribution in [0.25, 0.3) is 0 Å². The third kappa shape index (κ3) is 6.81. The lowest BCUT2D eigenvalue weighted by atomic mass is 9.98. The van der Waals surface area contributed by atoms with E-state index in [0.717, 1.165) is 49.2 Å². The topological polar surface area (TPSA) is 89.5 Å². The molecule has 3 unspecified atom stereocenters. The minimum absolute atomic E-state index is 0.0171. The lowest BCUT2D eigenvalue weighted by Gasteiger charge is -2.41. The summed E-state index contributed by atoms with van der Waals surface area (Å²) in [6.45, 7) is 3.76. The van der Waals surface area contributed by atoms with Gasteiger partial charge in [-0.3, -0.25) is 4.79 Å². The number of ether oxygens (including phenoxy) is 4. The van der Waals surface area contributed by atoms with Gasteiger partial charge in [-0.2, -0.15) is 0 Å². The van der Waals surface area contributed by atoms with Crippen molar-refractivity contribution < 1.29 is 28.8 Å². The molecule has 2 aromatic carbocycles. The van der Waals surface area contributed by atoms with Crippen LogP contribution in [0, 0.1) is 0 Å². The molecule has 0 aliphatic carbocycles. The SMILES string of the molecule is O=C(Nc1cccc(C2OC(CN3CCC4(CC3)OCCO4)CC(c3ccc(CO)cc3)O2)c1)C(Cl)(Cl)Cl. The molecule has 38 heavy (non-hydrogen) atoms. The maximum Gasteiger partial charge on any atom is 0.276 e. The zero-order chi connectivity index (χ0) is 26.8. The van der Waals surface area contributed by atoms with Crippen molar-refractivity contribution in [3.63, 3.8) is 0 Å². The van der Waals surface area contributed by atoms with Gasteiger partial charge in [0.25, 0.3) is 9.70 Å². The number of alkyl halides is 3. The van der Waals surface area contributed by atoms with Gasteiger partial charge in [0.1, 0.15) is 0 Å². The second kappa shape index (κ2) is 12.0. The fourth-order valence-electron chi connectivity index (χ4n) is 5.15. The van der Waals surface area contributed by atoms with Crippen molar-refractivity contribution in [3.05, 3.63) is 65.2 Å². The summed E-state index contributed by atoms with van der Waals surface area (Å²) in [5.41, 5.74) is 3.05. The maximum absolute atomic E-state index is 12.2. The fraction of sp³-hybridized carbons (Fsp3) is 0.519. The number of likely N-dealkylation sites (tertiary alicyclic amines) is 1. The number of halogens is 3. The van der Waals surface area contributed by atoms with Crippen molar-refractivity contribution >= 4 is 46.4 Å². The van der Waals surface area contributed by atoms with Gasteiger partial charge in [0.05, 0.1) is 32.0 Å². The standard InChI is InChI=1S/C27H31Cl3N2O6/c28-27(29,30)25(34)31-21-3-1-2-20(14-21)24-37-22(15-23(38-24)19-6-4-18(17-33)5-7-19)16-32-10-8-26(9-11-32)35-12-13-36-26/h1-7,14,22-24,33H,8-13,15-17H2,(H,31,34). The molecule has 2 N–H and O–H groups in total. The highest BCUT2D eigenvalue weighted by Gasteiger charge is 2.41. The van der Waals surface area contributed by atoms with Gasteiger partial charge in [-0.25, -0.2) is 0 Å². The number of aliphatic hydroxyl groups excluding tert-OH is 1. The Kier molecular flexibility index (Phi) is 8.84. The van der Waals surface area contributed by atoms with E-state index in [-0.39, 0.29) is 18.8 Å². The molecule has 3 fully saturated rings. The van der Waals surface area contributed by atoms with Gasteiger partial charge in [-0.1, -0.05) is 71.2 Å². The Morgan fingerprint density at radius 1 is 1.03 bits per heavy atom. The first-order valence-corrected chi connectivity index (χ1v) is 13.9. The number of hydrogen-bond donors (Lipinski definition) is 2. The number of nitrogens with one attached hydrogen (secondary N) is 1. The van der Waals surface area contributed by atoms with Crippen LogP contribution in [0.4, 0.5) is 5.69 Å². The van der Waals surface area contributed by atoms with Crippen LogP contribution >= 0.6 is 34.8 Å². The number of amides is 1. The van der Waals surface area contributed by atoms with E-state index in [1.54, 1.807) is 18.2 Å². The number of aliphatic hydroxyl groups is 1. The van der Waals surface area contributed by atoms with E-state index in [1.165, 1.54) is 0 Å². The van der Waals surface area contributed by atoms with Gasteiger partial charge in [-0.15, -0.1) is 0 Å². The number of hydrogen-bond acceptors (Lipinski definition) is 7. The molecular weight excluding hydrogens is 555 g/mol. The molecule has 3 heterocycles. The predicted molar refractivity (Wildman–Crippen MR) is 144 cm³/mol. The second-order valence-electron chi connectivity index (χ2n) is 9.84. The van der Waals surface area contributed by atoms with Crippen molar-refractivity contribution in [1.82, 2.24) is 4.90 Å². The molecule has 3 saturated heterocycles.